The van der Waals surface area contributed by atoms with Crippen LogP contribution in [0.1, 0.15) is 19.8 Å². The maximum Gasteiger partial charge on any atom is 0.202 e. The van der Waals surface area contributed by atoms with Gasteiger partial charge in [0.1, 0.15) is 11.9 Å². The average Bonchev–Trinajstić information content (AvgIpc) is 2.56. The monoisotopic (exact) mass is 298 g/mol. The zero-order chi connectivity index (χ0) is 15.4. The number of ether oxygens (including phenoxy) is 1. The van der Waals surface area contributed by atoms with Gasteiger partial charge in [-0.2, -0.15) is 0 Å². The molecule has 2 N–H and O–H groups in total. The van der Waals surface area contributed by atoms with Gasteiger partial charge in [-0.1, -0.05) is 13.0 Å². The van der Waals surface area contributed by atoms with E-state index in [2.05, 4.69) is 39.7 Å². The van der Waals surface area contributed by atoms with Crippen molar-refractivity contribution in [3.8, 4) is 5.75 Å². The van der Waals surface area contributed by atoms with Gasteiger partial charge < -0.3 is 20.3 Å². The minimum Gasteiger partial charge on any atom is -0.497 e. The minimum atomic E-state index is 0.197. The molecule has 1 aromatic carbocycles. The third kappa shape index (κ3) is 3.08. The number of fused-ring (bicyclic) bond motifs is 1. The molecule has 5 nitrogen and oxygen atoms in total. The number of nitrogens with zero attached hydrogens (tertiary/aromatic N) is 2. The lowest BCUT2D eigenvalue weighted by atomic mass is 10.1. The van der Waals surface area contributed by atoms with Gasteiger partial charge in [-0.15, -0.1) is 0 Å². The van der Waals surface area contributed by atoms with Gasteiger partial charge in [0.15, 0.2) is 0 Å². The van der Waals surface area contributed by atoms with E-state index >= 15 is 0 Å². The Kier molecular flexibility index (Phi) is 4.32. The van der Waals surface area contributed by atoms with Crippen LogP contribution in [0.3, 0.4) is 0 Å². The molecule has 0 saturated heterocycles. The van der Waals surface area contributed by atoms with Crippen molar-refractivity contribution in [3.05, 3.63) is 48.3 Å². The first-order valence-corrected chi connectivity index (χ1v) is 7.67. The second kappa shape index (κ2) is 6.56. The second-order valence-corrected chi connectivity index (χ2v) is 5.41. The summed E-state index contributed by atoms with van der Waals surface area (Å²) in [4.78, 5) is 6.81. The fraction of sp³-hybridized carbons (Fsp3) is 0.353. The van der Waals surface area contributed by atoms with Gasteiger partial charge in [-0.05, 0) is 48.9 Å². The summed E-state index contributed by atoms with van der Waals surface area (Å²) in [5.74, 6) is 1.62. The zero-order valence-electron chi connectivity index (χ0n) is 13.0. The van der Waals surface area contributed by atoms with Gasteiger partial charge in [-0.3, -0.25) is 0 Å². The third-order valence-corrected chi connectivity index (χ3v) is 3.80. The largest absolute Gasteiger partial charge is 0.497 e. The van der Waals surface area contributed by atoms with E-state index in [1.807, 2.05) is 30.5 Å². The molecule has 5 heteroatoms. The highest BCUT2D eigenvalue weighted by Crippen LogP contribution is 2.22. The molecule has 0 saturated carbocycles. The summed E-state index contributed by atoms with van der Waals surface area (Å²) in [6, 6.07) is 7.82. The van der Waals surface area contributed by atoms with Crippen LogP contribution >= 0.6 is 0 Å². The number of rotatable bonds is 4. The van der Waals surface area contributed by atoms with Crippen molar-refractivity contribution in [2.24, 2.45) is 4.99 Å². The Hall–Kier alpha value is -2.43. The van der Waals surface area contributed by atoms with Crippen LogP contribution in [0.5, 0.6) is 5.75 Å². The Balaban J connectivity index is 1.71. The lowest BCUT2D eigenvalue weighted by molar-refractivity contribution is 0.277. The van der Waals surface area contributed by atoms with E-state index in [0.717, 1.165) is 36.8 Å². The SMILES string of the molecule is CCCN1C=CCC2=CN=C(Nc3ccc(OC)cc3)NC21. The van der Waals surface area contributed by atoms with Crippen molar-refractivity contribution in [2.75, 3.05) is 19.0 Å². The Labute approximate surface area is 131 Å². The topological polar surface area (TPSA) is 48.9 Å². The number of aliphatic imine (C=N–C) groups is 1. The molecule has 2 aliphatic heterocycles. The minimum absolute atomic E-state index is 0.197. The van der Waals surface area contributed by atoms with Gasteiger partial charge in [0, 0.05) is 18.4 Å². The molecule has 0 spiro atoms. The van der Waals surface area contributed by atoms with Crippen molar-refractivity contribution in [3.63, 3.8) is 0 Å². The fourth-order valence-corrected chi connectivity index (χ4v) is 2.69. The number of nitrogens with one attached hydrogen (secondary N) is 2. The summed E-state index contributed by atoms with van der Waals surface area (Å²) in [5, 5.41) is 6.80. The van der Waals surface area contributed by atoms with Crippen LogP contribution < -0.4 is 15.4 Å². The number of allylic oxidation sites excluding steroid dienone is 1. The van der Waals surface area contributed by atoms with Gasteiger partial charge in [-0.25, -0.2) is 4.99 Å². The molecule has 1 aromatic rings. The van der Waals surface area contributed by atoms with Crippen LogP contribution in [-0.2, 0) is 0 Å². The van der Waals surface area contributed by atoms with Crippen LogP contribution in [0.2, 0.25) is 0 Å². The van der Waals surface area contributed by atoms with Crippen LogP contribution in [-0.4, -0.2) is 30.7 Å². The molecular weight excluding hydrogens is 276 g/mol. The summed E-state index contributed by atoms with van der Waals surface area (Å²) in [5.41, 5.74) is 2.29. The van der Waals surface area contributed by atoms with Gasteiger partial charge in [0.25, 0.3) is 0 Å². The number of anilines is 1. The van der Waals surface area contributed by atoms with E-state index in [0.29, 0.717) is 0 Å². The molecule has 2 aliphatic rings. The van der Waals surface area contributed by atoms with Crippen LogP contribution in [0.15, 0.2) is 53.3 Å². The lowest BCUT2D eigenvalue weighted by Gasteiger charge is -2.37. The van der Waals surface area contributed by atoms with Crippen LogP contribution in [0, 0.1) is 0 Å². The highest BCUT2D eigenvalue weighted by molar-refractivity contribution is 5.95. The molecular formula is C17H22N4O. The summed E-state index contributed by atoms with van der Waals surface area (Å²) < 4.78 is 5.17. The number of benzene rings is 1. The van der Waals surface area contributed by atoms with Crippen LogP contribution in [0.25, 0.3) is 0 Å². The first-order chi connectivity index (χ1) is 10.8. The molecule has 3 rings (SSSR count). The summed E-state index contributed by atoms with van der Waals surface area (Å²) >= 11 is 0. The molecule has 22 heavy (non-hydrogen) atoms. The van der Waals surface area contributed by atoms with Crippen LogP contribution in [0.4, 0.5) is 5.69 Å². The highest BCUT2D eigenvalue weighted by Gasteiger charge is 2.25. The Morgan fingerprint density at radius 2 is 2.18 bits per heavy atom. The Morgan fingerprint density at radius 3 is 2.91 bits per heavy atom. The fourth-order valence-electron chi connectivity index (χ4n) is 2.69. The van der Waals surface area contributed by atoms with Crippen molar-refractivity contribution in [1.82, 2.24) is 10.2 Å². The Morgan fingerprint density at radius 1 is 1.36 bits per heavy atom. The first kappa shape index (κ1) is 14.5. The summed E-state index contributed by atoms with van der Waals surface area (Å²) in [6.45, 7) is 3.22. The van der Waals surface area contributed by atoms with E-state index in [1.54, 1.807) is 7.11 Å². The quantitative estimate of drug-likeness (QED) is 0.897. The average molecular weight is 298 g/mol. The predicted molar refractivity (Wildman–Crippen MR) is 89.8 cm³/mol. The molecule has 2 heterocycles. The number of guanidine groups is 1. The lowest BCUT2D eigenvalue weighted by Crippen LogP contribution is -2.51. The molecule has 1 atom stereocenters. The molecule has 116 valence electrons. The van der Waals surface area contributed by atoms with Crippen molar-refractivity contribution >= 4 is 11.6 Å². The summed E-state index contributed by atoms with van der Waals surface area (Å²) in [7, 11) is 1.67. The normalized spacial score (nSPS) is 19.7. The maximum absolute atomic E-state index is 5.17. The maximum atomic E-state index is 5.17. The van der Waals surface area contributed by atoms with E-state index in [-0.39, 0.29) is 6.17 Å². The first-order valence-electron chi connectivity index (χ1n) is 7.67. The molecule has 1 unspecified atom stereocenters. The number of hydrogen-bond acceptors (Lipinski definition) is 5. The second-order valence-electron chi connectivity index (χ2n) is 5.41. The third-order valence-electron chi connectivity index (χ3n) is 3.80. The van der Waals surface area contributed by atoms with E-state index in [1.165, 1.54) is 5.57 Å². The zero-order valence-corrected chi connectivity index (χ0v) is 13.0. The molecule has 0 amide bonds. The van der Waals surface area contributed by atoms with E-state index in [9.17, 15) is 0 Å². The number of methoxy groups -OCH3 is 1. The molecule has 0 aromatic heterocycles. The van der Waals surface area contributed by atoms with Gasteiger partial charge in [0.2, 0.25) is 5.96 Å². The smallest absolute Gasteiger partial charge is 0.202 e. The van der Waals surface area contributed by atoms with Crippen molar-refractivity contribution < 1.29 is 4.74 Å². The van der Waals surface area contributed by atoms with Gasteiger partial charge in [0.05, 0.1) is 7.11 Å². The standard InChI is InChI=1S/C17H22N4O/c1-3-10-21-11-4-5-13-12-18-17(20-16(13)21)19-14-6-8-15(22-2)9-7-14/h4,6-9,11-12,16H,3,5,10H2,1-2H3,(H2,18,19,20). The van der Waals surface area contributed by atoms with Crippen molar-refractivity contribution in [1.29, 1.82) is 0 Å². The predicted octanol–water partition coefficient (Wildman–Crippen LogP) is 2.91. The molecule has 0 radical (unpaired) electrons. The summed E-state index contributed by atoms with van der Waals surface area (Å²) in [6.07, 6.45) is 8.61. The number of hydrogen-bond donors (Lipinski definition) is 2. The van der Waals surface area contributed by atoms with E-state index in [4.69, 9.17) is 4.74 Å². The van der Waals surface area contributed by atoms with Gasteiger partial charge >= 0.3 is 0 Å². The molecule has 0 bridgehead atoms. The van der Waals surface area contributed by atoms with E-state index < -0.39 is 0 Å². The molecule has 0 fully saturated rings. The molecule has 0 aliphatic carbocycles. The highest BCUT2D eigenvalue weighted by atomic mass is 16.5. The Bertz CT molecular complexity index is 604. The van der Waals surface area contributed by atoms with Crippen molar-refractivity contribution in [2.45, 2.75) is 25.9 Å².